The summed E-state index contributed by atoms with van der Waals surface area (Å²) in [5.74, 6) is 0.697. The van der Waals surface area contributed by atoms with Crippen molar-refractivity contribution >= 4 is 61.5 Å². The van der Waals surface area contributed by atoms with Crippen LogP contribution in [0.5, 0.6) is 5.75 Å². The molecule has 0 aliphatic carbocycles. The maximum absolute atomic E-state index is 13.1. The minimum absolute atomic E-state index is 0.0626. The van der Waals surface area contributed by atoms with Gasteiger partial charge in [0.1, 0.15) is 11.6 Å². The predicted octanol–water partition coefficient (Wildman–Crippen LogP) is 4.02. The number of nitrogens with zero attached hydrogens (tertiary/aromatic N) is 3. The molecule has 0 bridgehead atoms. The highest BCUT2D eigenvalue weighted by Gasteiger charge is 2.15. The fourth-order valence-electron chi connectivity index (χ4n) is 2.77. The quantitative estimate of drug-likeness (QED) is 0.336. The Labute approximate surface area is 195 Å². The molecular weight excluding hydrogens is 563 g/mol. The monoisotopic (exact) mass is 582 g/mol. The molecule has 0 radical (unpaired) electrons. The third kappa shape index (κ3) is 5.07. The highest BCUT2D eigenvalue weighted by atomic mass is 127. The lowest BCUT2D eigenvalue weighted by molar-refractivity contribution is -0.119. The van der Waals surface area contributed by atoms with E-state index in [4.69, 9.17) is 15.5 Å². The lowest BCUT2D eigenvalue weighted by Gasteiger charge is -2.14. The average molecular weight is 583 g/mol. The molecule has 3 aromatic rings. The number of ether oxygens (including phenoxy) is 1. The number of fused-ring (bicyclic) bond motifs is 1. The highest BCUT2D eigenvalue weighted by Crippen LogP contribution is 2.23. The standard InChI is InChI=1S/C21H20BrIN4O3/c1-3-12(2)20-26-17-6-5-14(22)9-15(17)21(29)27(20)25-10-13-4-7-18(16(23)8-13)30-11-19(24)28/h4-10,12H,3,11H2,1-2H3,(H2,24,28)/t12-/m0/s1. The molecule has 156 valence electrons. The van der Waals surface area contributed by atoms with Crippen LogP contribution in [-0.2, 0) is 4.79 Å². The molecule has 2 aromatic carbocycles. The minimum atomic E-state index is -0.538. The van der Waals surface area contributed by atoms with Crippen molar-refractivity contribution in [2.75, 3.05) is 6.61 Å². The lowest BCUT2D eigenvalue weighted by Crippen LogP contribution is -2.23. The first-order chi connectivity index (χ1) is 14.3. The number of carbonyl (C=O) groups excluding carboxylic acids is 1. The maximum atomic E-state index is 13.1. The van der Waals surface area contributed by atoms with Gasteiger partial charge in [0.05, 0.1) is 20.7 Å². The van der Waals surface area contributed by atoms with Crippen LogP contribution in [0.3, 0.4) is 0 Å². The molecule has 1 aromatic heterocycles. The number of halogens is 2. The van der Waals surface area contributed by atoms with Crippen LogP contribution in [-0.4, -0.2) is 28.4 Å². The topological polar surface area (TPSA) is 99.6 Å². The van der Waals surface area contributed by atoms with Crippen molar-refractivity contribution in [3.8, 4) is 5.75 Å². The Morgan fingerprint density at radius 3 is 2.80 bits per heavy atom. The first-order valence-corrected chi connectivity index (χ1v) is 11.1. The number of carbonyl (C=O) groups is 1. The van der Waals surface area contributed by atoms with Crippen LogP contribution in [0.2, 0.25) is 0 Å². The molecule has 0 aliphatic rings. The van der Waals surface area contributed by atoms with E-state index >= 15 is 0 Å². The van der Waals surface area contributed by atoms with E-state index in [2.05, 4.69) is 43.6 Å². The molecule has 2 N–H and O–H groups in total. The van der Waals surface area contributed by atoms with Gasteiger partial charge in [0.2, 0.25) is 0 Å². The van der Waals surface area contributed by atoms with Crippen molar-refractivity contribution in [2.45, 2.75) is 26.2 Å². The van der Waals surface area contributed by atoms with E-state index < -0.39 is 5.91 Å². The van der Waals surface area contributed by atoms with Crippen LogP contribution in [0.25, 0.3) is 10.9 Å². The molecule has 3 rings (SSSR count). The van der Waals surface area contributed by atoms with Gasteiger partial charge in [0.15, 0.2) is 6.61 Å². The van der Waals surface area contributed by atoms with E-state index in [0.717, 1.165) is 20.0 Å². The summed E-state index contributed by atoms with van der Waals surface area (Å²) in [7, 11) is 0. The van der Waals surface area contributed by atoms with E-state index in [1.807, 2.05) is 32.0 Å². The van der Waals surface area contributed by atoms with Gasteiger partial charge in [-0.25, -0.2) is 4.98 Å². The Balaban J connectivity index is 2.02. The first kappa shape index (κ1) is 22.4. The fourth-order valence-corrected chi connectivity index (χ4v) is 3.82. The number of benzene rings is 2. The molecule has 1 amide bonds. The molecule has 0 aliphatic heterocycles. The Bertz CT molecular complexity index is 1190. The number of hydrogen-bond acceptors (Lipinski definition) is 5. The molecule has 1 heterocycles. The number of primary amides is 1. The van der Waals surface area contributed by atoms with Gasteiger partial charge in [0, 0.05) is 10.4 Å². The van der Waals surface area contributed by atoms with Gasteiger partial charge in [-0.2, -0.15) is 9.78 Å². The number of aromatic nitrogens is 2. The molecule has 0 spiro atoms. The van der Waals surface area contributed by atoms with Crippen LogP contribution in [0.4, 0.5) is 0 Å². The molecule has 0 unspecified atom stereocenters. The normalized spacial score (nSPS) is 12.4. The van der Waals surface area contributed by atoms with E-state index in [1.54, 1.807) is 24.4 Å². The van der Waals surface area contributed by atoms with E-state index in [-0.39, 0.29) is 18.1 Å². The Kier molecular flexibility index (Phi) is 7.24. The third-order valence-electron chi connectivity index (χ3n) is 4.53. The van der Waals surface area contributed by atoms with E-state index in [9.17, 15) is 9.59 Å². The van der Waals surface area contributed by atoms with E-state index in [0.29, 0.717) is 22.5 Å². The smallest absolute Gasteiger partial charge is 0.282 e. The number of nitrogens with two attached hydrogens (primary N) is 1. The summed E-state index contributed by atoms with van der Waals surface area (Å²) >= 11 is 5.52. The second kappa shape index (κ2) is 9.69. The Morgan fingerprint density at radius 2 is 2.13 bits per heavy atom. The SMILES string of the molecule is CC[C@H](C)c1nc2ccc(Br)cc2c(=O)n1N=Cc1ccc(OCC(N)=O)c(I)c1. The summed E-state index contributed by atoms with van der Waals surface area (Å²) in [6.45, 7) is 3.88. The van der Waals surface area contributed by atoms with Gasteiger partial charge in [-0.15, -0.1) is 0 Å². The van der Waals surface area contributed by atoms with Crippen LogP contribution in [0.15, 0.2) is 50.8 Å². The number of rotatable bonds is 7. The van der Waals surface area contributed by atoms with Gasteiger partial charge >= 0.3 is 0 Å². The first-order valence-electron chi connectivity index (χ1n) is 9.27. The Hall–Kier alpha value is -2.27. The predicted molar refractivity (Wildman–Crippen MR) is 129 cm³/mol. The van der Waals surface area contributed by atoms with Gasteiger partial charge in [0.25, 0.3) is 11.5 Å². The van der Waals surface area contributed by atoms with Crippen molar-refractivity contribution < 1.29 is 9.53 Å². The third-order valence-corrected chi connectivity index (χ3v) is 5.87. The molecule has 9 heteroatoms. The largest absolute Gasteiger partial charge is 0.483 e. The van der Waals surface area contributed by atoms with Crippen LogP contribution in [0, 0.1) is 3.57 Å². The zero-order valence-electron chi connectivity index (χ0n) is 16.4. The van der Waals surface area contributed by atoms with E-state index in [1.165, 1.54) is 4.68 Å². The summed E-state index contributed by atoms with van der Waals surface area (Å²) in [6.07, 6.45) is 2.44. The zero-order valence-corrected chi connectivity index (χ0v) is 20.2. The Morgan fingerprint density at radius 1 is 1.37 bits per heavy atom. The summed E-state index contributed by atoms with van der Waals surface area (Å²) in [6, 6.07) is 10.8. The molecule has 0 saturated carbocycles. The minimum Gasteiger partial charge on any atom is -0.483 e. The van der Waals surface area contributed by atoms with Gasteiger partial charge in [-0.3, -0.25) is 9.59 Å². The second-order valence-electron chi connectivity index (χ2n) is 6.75. The van der Waals surface area contributed by atoms with Gasteiger partial charge in [-0.1, -0.05) is 29.8 Å². The molecule has 30 heavy (non-hydrogen) atoms. The van der Waals surface area contributed by atoms with Crippen molar-refractivity contribution in [2.24, 2.45) is 10.8 Å². The number of hydrogen-bond donors (Lipinski definition) is 1. The van der Waals surface area contributed by atoms with Crippen LogP contribution < -0.4 is 16.0 Å². The number of amides is 1. The van der Waals surface area contributed by atoms with Crippen molar-refractivity contribution in [3.63, 3.8) is 0 Å². The molecule has 1 atom stereocenters. The summed E-state index contributed by atoms with van der Waals surface area (Å²) in [5.41, 5.74) is 6.33. The molecule has 0 fully saturated rings. The van der Waals surface area contributed by atoms with Crippen molar-refractivity contribution in [1.82, 2.24) is 9.66 Å². The molecule has 0 saturated heterocycles. The highest BCUT2D eigenvalue weighted by molar-refractivity contribution is 14.1. The average Bonchev–Trinajstić information content (AvgIpc) is 2.72. The lowest BCUT2D eigenvalue weighted by atomic mass is 10.1. The molecular formula is C21H20BrIN4O3. The summed E-state index contributed by atoms with van der Waals surface area (Å²) in [5, 5.41) is 4.95. The maximum Gasteiger partial charge on any atom is 0.282 e. The molecule has 7 nitrogen and oxygen atoms in total. The summed E-state index contributed by atoms with van der Waals surface area (Å²) < 4.78 is 8.34. The fraction of sp³-hybridized carbons (Fsp3) is 0.238. The van der Waals surface area contributed by atoms with Crippen molar-refractivity contribution in [1.29, 1.82) is 0 Å². The van der Waals surface area contributed by atoms with Gasteiger partial charge < -0.3 is 10.5 Å². The van der Waals surface area contributed by atoms with Gasteiger partial charge in [-0.05, 0) is 71.0 Å². The van der Waals surface area contributed by atoms with Crippen LogP contribution >= 0.6 is 38.5 Å². The van der Waals surface area contributed by atoms with Crippen LogP contribution in [0.1, 0.15) is 37.6 Å². The zero-order chi connectivity index (χ0) is 21.8. The van der Waals surface area contributed by atoms with Crippen molar-refractivity contribution in [3.05, 3.63) is 66.2 Å². The summed E-state index contributed by atoms with van der Waals surface area (Å²) in [4.78, 5) is 28.7. The second-order valence-corrected chi connectivity index (χ2v) is 8.83.